The molecule has 1 saturated carbocycles. The number of rotatable bonds is 11. The number of carbonyl (C=O) groups is 1. The predicted molar refractivity (Wildman–Crippen MR) is 151 cm³/mol. The number of likely N-dealkylation sites (tertiary alicyclic amines) is 2. The topological polar surface area (TPSA) is 43.8 Å². The molecule has 212 valence electrons. The van der Waals surface area contributed by atoms with E-state index in [9.17, 15) is 18.7 Å². The summed E-state index contributed by atoms with van der Waals surface area (Å²) < 4.78 is 26.7. The molecule has 39 heavy (non-hydrogen) atoms. The van der Waals surface area contributed by atoms with Crippen molar-refractivity contribution < 1.29 is 18.7 Å². The average molecular weight is 539 g/mol. The fourth-order valence-electron chi connectivity index (χ4n) is 7.15. The van der Waals surface area contributed by atoms with Crippen molar-refractivity contribution in [3.63, 3.8) is 0 Å². The van der Waals surface area contributed by atoms with E-state index in [1.54, 1.807) is 6.07 Å². The Kier molecular flexibility index (Phi) is 9.34. The van der Waals surface area contributed by atoms with Crippen molar-refractivity contribution in [2.24, 2.45) is 17.8 Å². The zero-order chi connectivity index (χ0) is 27.4. The molecule has 1 N–H and O–H groups in total. The normalized spacial score (nSPS) is 24.1. The third-order valence-electron chi connectivity index (χ3n) is 9.71. The minimum Gasteiger partial charge on any atom is -0.480 e. The van der Waals surface area contributed by atoms with Crippen LogP contribution in [0, 0.1) is 36.3 Å². The summed E-state index contributed by atoms with van der Waals surface area (Å²) in [5.41, 5.74) is 3.48. The van der Waals surface area contributed by atoms with Crippen LogP contribution < -0.4 is 0 Å². The lowest BCUT2D eigenvalue weighted by Crippen LogP contribution is -2.43. The average Bonchev–Trinajstić information content (AvgIpc) is 3.29. The van der Waals surface area contributed by atoms with Crippen molar-refractivity contribution in [3.05, 3.63) is 70.8 Å². The van der Waals surface area contributed by atoms with Crippen LogP contribution in [0.25, 0.3) is 0 Å². The fourth-order valence-corrected chi connectivity index (χ4v) is 7.15. The molecule has 6 heteroatoms. The Labute approximate surface area is 232 Å². The molecule has 3 atom stereocenters. The maximum Gasteiger partial charge on any atom is 0.320 e. The van der Waals surface area contributed by atoms with Gasteiger partial charge in [0.1, 0.15) is 6.04 Å². The van der Waals surface area contributed by atoms with Crippen LogP contribution in [-0.2, 0) is 11.2 Å². The highest BCUT2D eigenvalue weighted by molar-refractivity contribution is 5.73. The van der Waals surface area contributed by atoms with Gasteiger partial charge in [-0.05, 0) is 93.1 Å². The zero-order valence-corrected chi connectivity index (χ0v) is 23.3. The number of carboxylic acid groups (broad SMARTS) is 1. The molecule has 0 radical (unpaired) electrons. The summed E-state index contributed by atoms with van der Waals surface area (Å²) in [6.07, 6.45) is 9.64. The smallest absolute Gasteiger partial charge is 0.320 e. The number of piperidine rings is 1. The second-order valence-electron chi connectivity index (χ2n) is 12.5. The van der Waals surface area contributed by atoms with Crippen molar-refractivity contribution in [1.29, 1.82) is 0 Å². The highest BCUT2D eigenvalue weighted by atomic mass is 19.2. The lowest BCUT2D eigenvalue weighted by molar-refractivity contribution is -0.144. The van der Waals surface area contributed by atoms with Gasteiger partial charge in [0, 0.05) is 25.6 Å². The lowest BCUT2D eigenvalue weighted by Gasteiger charge is -2.35. The Bertz CT molecular complexity index is 1110. The van der Waals surface area contributed by atoms with Crippen molar-refractivity contribution in [1.82, 2.24) is 9.80 Å². The molecular formula is C33H44F2N2O2. The van der Waals surface area contributed by atoms with Crippen LogP contribution in [-0.4, -0.2) is 59.6 Å². The van der Waals surface area contributed by atoms with Gasteiger partial charge in [-0.3, -0.25) is 9.69 Å². The van der Waals surface area contributed by atoms with Gasteiger partial charge in [-0.1, -0.05) is 61.6 Å². The Balaban J connectivity index is 1.16. The van der Waals surface area contributed by atoms with Gasteiger partial charge in [-0.15, -0.1) is 0 Å². The first-order chi connectivity index (χ1) is 18.9. The minimum absolute atomic E-state index is 0.363. The van der Waals surface area contributed by atoms with E-state index in [-0.39, 0.29) is 6.04 Å². The molecule has 0 spiro atoms. The maximum absolute atomic E-state index is 13.5. The number of aryl methyl sites for hydroxylation is 2. The van der Waals surface area contributed by atoms with Crippen LogP contribution in [0.15, 0.2) is 42.5 Å². The summed E-state index contributed by atoms with van der Waals surface area (Å²) in [6.45, 7) is 7.01. The Morgan fingerprint density at radius 3 is 2.46 bits per heavy atom. The number of benzene rings is 2. The number of hydrogen-bond donors (Lipinski definition) is 1. The Morgan fingerprint density at radius 2 is 1.79 bits per heavy atom. The standard InChI is InChI=1S/C33H44F2N2O2/c1-23-5-2-10-27(17-23)29-22-37(32(33(38)39)19-25-7-4-8-25)21-28(29)20-36-15-13-24(14-16-36)6-3-9-26-11-12-30(34)31(35)18-26/h2,5,10-12,17-18,24-25,28-29,32H,3-4,6-9,13-16,19-22H2,1H3,(H,38,39). The van der Waals surface area contributed by atoms with E-state index < -0.39 is 17.6 Å². The second kappa shape index (κ2) is 12.9. The third-order valence-corrected chi connectivity index (χ3v) is 9.71. The summed E-state index contributed by atoms with van der Waals surface area (Å²) in [5, 5.41) is 10.1. The minimum atomic E-state index is -0.780. The van der Waals surface area contributed by atoms with Gasteiger partial charge in [-0.2, -0.15) is 0 Å². The number of nitrogens with zero attached hydrogens (tertiary/aromatic N) is 2. The van der Waals surface area contributed by atoms with Crippen molar-refractivity contribution >= 4 is 5.97 Å². The number of aliphatic carboxylic acids is 1. The predicted octanol–water partition coefficient (Wildman–Crippen LogP) is 6.67. The first-order valence-corrected chi connectivity index (χ1v) is 15.1. The molecule has 3 unspecified atom stereocenters. The third kappa shape index (κ3) is 7.26. The molecule has 2 saturated heterocycles. The number of halogens is 2. The molecule has 3 fully saturated rings. The quantitative estimate of drug-likeness (QED) is 0.347. The van der Waals surface area contributed by atoms with Crippen LogP contribution in [0.4, 0.5) is 8.78 Å². The van der Waals surface area contributed by atoms with E-state index in [0.29, 0.717) is 23.7 Å². The molecule has 0 aromatic heterocycles. The van der Waals surface area contributed by atoms with Gasteiger partial charge in [0.05, 0.1) is 0 Å². The van der Waals surface area contributed by atoms with E-state index in [4.69, 9.17) is 0 Å². The molecule has 2 aromatic rings. The molecule has 4 nitrogen and oxygen atoms in total. The summed E-state index contributed by atoms with van der Waals surface area (Å²) in [5.74, 6) is -0.149. The number of carboxylic acids is 1. The van der Waals surface area contributed by atoms with Crippen LogP contribution in [0.2, 0.25) is 0 Å². The zero-order valence-electron chi connectivity index (χ0n) is 23.3. The van der Waals surface area contributed by atoms with Crippen LogP contribution in [0.1, 0.15) is 74.0 Å². The first-order valence-electron chi connectivity index (χ1n) is 15.1. The van der Waals surface area contributed by atoms with E-state index in [0.717, 1.165) is 64.0 Å². The molecule has 3 aliphatic rings. The molecule has 2 aliphatic heterocycles. The largest absolute Gasteiger partial charge is 0.480 e. The lowest BCUT2D eigenvalue weighted by atomic mass is 9.80. The summed E-state index contributed by atoms with van der Waals surface area (Å²) in [6, 6.07) is 12.7. The van der Waals surface area contributed by atoms with E-state index in [1.807, 2.05) is 0 Å². The molecular weight excluding hydrogens is 494 g/mol. The van der Waals surface area contributed by atoms with Gasteiger partial charge < -0.3 is 10.0 Å². The first kappa shape index (κ1) is 28.2. The number of hydrogen-bond acceptors (Lipinski definition) is 3. The van der Waals surface area contributed by atoms with Crippen LogP contribution >= 0.6 is 0 Å². The van der Waals surface area contributed by atoms with Gasteiger partial charge in [0.25, 0.3) is 0 Å². The van der Waals surface area contributed by atoms with E-state index in [1.165, 1.54) is 55.4 Å². The van der Waals surface area contributed by atoms with Crippen molar-refractivity contribution in [2.45, 2.75) is 76.7 Å². The second-order valence-corrected chi connectivity index (χ2v) is 12.5. The molecule has 2 heterocycles. The molecule has 0 amide bonds. The van der Waals surface area contributed by atoms with Gasteiger partial charge in [0.15, 0.2) is 11.6 Å². The SMILES string of the molecule is Cc1cccc(C2CN(C(CC3CCC3)C(=O)O)CC2CN2CCC(CCCc3ccc(F)c(F)c3)CC2)c1. The molecule has 5 rings (SSSR count). The van der Waals surface area contributed by atoms with Gasteiger partial charge in [0.2, 0.25) is 0 Å². The summed E-state index contributed by atoms with van der Waals surface area (Å²) >= 11 is 0. The van der Waals surface area contributed by atoms with Crippen LogP contribution in [0.5, 0.6) is 0 Å². The monoisotopic (exact) mass is 538 g/mol. The Morgan fingerprint density at radius 1 is 1.00 bits per heavy atom. The van der Waals surface area contributed by atoms with Gasteiger partial charge in [-0.25, -0.2) is 8.78 Å². The summed E-state index contributed by atoms with van der Waals surface area (Å²) in [4.78, 5) is 17.2. The van der Waals surface area contributed by atoms with Crippen molar-refractivity contribution in [2.75, 3.05) is 32.7 Å². The molecule has 2 aromatic carbocycles. The van der Waals surface area contributed by atoms with Crippen LogP contribution in [0.3, 0.4) is 0 Å². The Hall–Kier alpha value is -2.31. The van der Waals surface area contributed by atoms with E-state index >= 15 is 0 Å². The molecule has 1 aliphatic carbocycles. The summed E-state index contributed by atoms with van der Waals surface area (Å²) in [7, 11) is 0. The highest BCUT2D eigenvalue weighted by Crippen LogP contribution is 2.38. The maximum atomic E-state index is 13.5. The molecule has 0 bridgehead atoms. The van der Waals surface area contributed by atoms with Gasteiger partial charge >= 0.3 is 5.97 Å². The van der Waals surface area contributed by atoms with E-state index in [2.05, 4.69) is 41.0 Å². The van der Waals surface area contributed by atoms with Crippen molar-refractivity contribution in [3.8, 4) is 0 Å². The fraction of sp³-hybridized carbons (Fsp3) is 0.606. The highest BCUT2D eigenvalue weighted by Gasteiger charge is 2.41.